The molecular formula is C17H26N2O4. The molecule has 0 aromatic heterocycles. The van der Waals surface area contributed by atoms with Crippen LogP contribution in [0.5, 0.6) is 5.75 Å². The van der Waals surface area contributed by atoms with Gasteiger partial charge in [0.1, 0.15) is 12.4 Å². The van der Waals surface area contributed by atoms with Crippen molar-refractivity contribution in [1.29, 1.82) is 0 Å². The number of rotatable bonds is 8. The Labute approximate surface area is 137 Å². The average Bonchev–Trinajstić information content (AvgIpc) is 2.91. The van der Waals surface area contributed by atoms with Crippen molar-refractivity contribution in [2.75, 3.05) is 40.0 Å². The molecule has 1 aromatic rings. The third kappa shape index (κ3) is 4.92. The van der Waals surface area contributed by atoms with E-state index in [2.05, 4.69) is 16.3 Å². The fourth-order valence-corrected chi connectivity index (χ4v) is 2.99. The second-order valence-corrected chi connectivity index (χ2v) is 5.78. The van der Waals surface area contributed by atoms with Crippen molar-refractivity contribution in [1.82, 2.24) is 10.2 Å². The molecule has 0 unspecified atom stereocenters. The maximum absolute atomic E-state index is 11.7. The van der Waals surface area contributed by atoms with E-state index in [1.165, 1.54) is 7.11 Å². The third-order valence-electron chi connectivity index (χ3n) is 4.04. The average molecular weight is 322 g/mol. The summed E-state index contributed by atoms with van der Waals surface area (Å²) in [6, 6.07) is 7.92. The van der Waals surface area contributed by atoms with Crippen molar-refractivity contribution in [3.05, 3.63) is 29.8 Å². The van der Waals surface area contributed by atoms with Gasteiger partial charge in [-0.15, -0.1) is 0 Å². The Kier molecular flexibility index (Phi) is 6.83. The molecule has 0 saturated carbocycles. The smallest absolute Gasteiger partial charge is 0.246 e. The number of benzene rings is 1. The lowest BCUT2D eigenvalue weighted by molar-refractivity contribution is -0.125. The molecule has 2 atom stereocenters. The number of ether oxygens (including phenoxy) is 2. The first-order chi connectivity index (χ1) is 11.2. The van der Waals surface area contributed by atoms with Gasteiger partial charge in [0.05, 0.1) is 6.61 Å². The molecule has 1 saturated heterocycles. The highest BCUT2D eigenvalue weighted by atomic mass is 16.5. The van der Waals surface area contributed by atoms with Crippen LogP contribution in [0.1, 0.15) is 12.5 Å². The number of hydrogen-bond acceptors (Lipinski definition) is 5. The molecule has 1 heterocycles. The highest BCUT2D eigenvalue weighted by Gasteiger charge is 2.33. The molecule has 1 aliphatic rings. The molecule has 128 valence electrons. The van der Waals surface area contributed by atoms with Gasteiger partial charge in [0.25, 0.3) is 0 Å². The second kappa shape index (κ2) is 8.86. The summed E-state index contributed by atoms with van der Waals surface area (Å²) in [6.07, 6.45) is 0. The first kappa shape index (κ1) is 17.7. The second-order valence-electron chi connectivity index (χ2n) is 5.78. The van der Waals surface area contributed by atoms with Gasteiger partial charge in [-0.2, -0.15) is 0 Å². The molecule has 2 N–H and O–H groups in total. The van der Waals surface area contributed by atoms with E-state index in [1.807, 2.05) is 25.1 Å². The molecule has 0 bridgehead atoms. The number of amides is 1. The normalized spacial score (nSPS) is 21.3. The lowest BCUT2D eigenvalue weighted by Crippen LogP contribution is -2.43. The third-order valence-corrected chi connectivity index (χ3v) is 4.04. The Morgan fingerprint density at radius 1 is 1.39 bits per heavy atom. The van der Waals surface area contributed by atoms with Crippen molar-refractivity contribution in [2.24, 2.45) is 5.92 Å². The van der Waals surface area contributed by atoms with Gasteiger partial charge in [-0.25, -0.2) is 0 Å². The van der Waals surface area contributed by atoms with Crippen molar-refractivity contribution >= 4 is 5.91 Å². The fourth-order valence-electron chi connectivity index (χ4n) is 2.99. The number of para-hydroxylation sites is 1. The molecule has 1 aliphatic heterocycles. The topological polar surface area (TPSA) is 71.0 Å². The summed E-state index contributed by atoms with van der Waals surface area (Å²) in [5.41, 5.74) is 1.12. The number of nitrogens with zero attached hydrogens (tertiary/aromatic N) is 1. The van der Waals surface area contributed by atoms with Crippen LogP contribution in [0.2, 0.25) is 0 Å². The van der Waals surface area contributed by atoms with Gasteiger partial charge in [0.15, 0.2) is 0 Å². The predicted octanol–water partition coefficient (Wildman–Crippen LogP) is 0.641. The highest BCUT2D eigenvalue weighted by Crippen LogP contribution is 2.24. The maximum atomic E-state index is 11.7. The number of aliphatic hydroxyl groups is 1. The Balaban J connectivity index is 1.98. The van der Waals surface area contributed by atoms with E-state index < -0.39 is 0 Å². The number of carbonyl (C=O) groups is 1. The van der Waals surface area contributed by atoms with Crippen molar-refractivity contribution in [2.45, 2.75) is 19.5 Å². The van der Waals surface area contributed by atoms with Gasteiger partial charge < -0.3 is 19.9 Å². The zero-order valence-corrected chi connectivity index (χ0v) is 13.8. The standard InChI is InChI=1S/C17H26N2O4/c1-3-23-16-7-5-4-6-13(16)8-19-9-14(11-20)15(10-19)18-17(21)12-22-2/h4-7,14-15,20H,3,8-12H2,1-2H3,(H,18,21)/t14-,15+/m0/s1. The lowest BCUT2D eigenvalue weighted by atomic mass is 10.1. The van der Waals surface area contributed by atoms with E-state index in [4.69, 9.17) is 9.47 Å². The number of carbonyl (C=O) groups excluding carboxylic acids is 1. The van der Waals surface area contributed by atoms with Crippen LogP contribution in [-0.4, -0.2) is 62.0 Å². The van der Waals surface area contributed by atoms with E-state index in [0.717, 1.165) is 24.4 Å². The molecule has 6 heteroatoms. The van der Waals surface area contributed by atoms with E-state index >= 15 is 0 Å². The molecule has 0 radical (unpaired) electrons. The van der Waals surface area contributed by atoms with Gasteiger partial charge in [0.2, 0.25) is 5.91 Å². The Morgan fingerprint density at radius 3 is 2.87 bits per heavy atom. The molecule has 0 aliphatic carbocycles. The zero-order chi connectivity index (χ0) is 16.7. The molecular weight excluding hydrogens is 296 g/mol. The molecule has 1 aromatic carbocycles. The number of aliphatic hydroxyl groups excluding tert-OH is 1. The van der Waals surface area contributed by atoms with Crippen LogP contribution in [0.4, 0.5) is 0 Å². The van der Waals surface area contributed by atoms with Crippen LogP contribution in [-0.2, 0) is 16.1 Å². The van der Waals surface area contributed by atoms with E-state index in [1.54, 1.807) is 0 Å². The van der Waals surface area contributed by atoms with E-state index in [0.29, 0.717) is 13.2 Å². The van der Waals surface area contributed by atoms with Gasteiger partial charge in [-0.05, 0) is 13.0 Å². The molecule has 0 spiro atoms. The van der Waals surface area contributed by atoms with Crippen molar-refractivity contribution in [3.63, 3.8) is 0 Å². The summed E-state index contributed by atoms with van der Waals surface area (Å²) in [6.45, 7) is 4.89. The maximum Gasteiger partial charge on any atom is 0.246 e. The monoisotopic (exact) mass is 322 g/mol. The van der Waals surface area contributed by atoms with E-state index in [-0.39, 0.29) is 31.1 Å². The molecule has 1 amide bonds. The lowest BCUT2D eigenvalue weighted by Gasteiger charge is -2.18. The number of nitrogens with one attached hydrogen (secondary N) is 1. The molecule has 1 fully saturated rings. The predicted molar refractivity (Wildman–Crippen MR) is 87.3 cm³/mol. The van der Waals surface area contributed by atoms with Crippen LogP contribution >= 0.6 is 0 Å². The molecule has 6 nitrogen and oxygen atoms in total. The van der Waals surface area contributed by atoms with Crippen LogP contribution in [0, 0.1) is 5.92 Å². The molecule has 23 heavy (non-hydrogen) atoms. The van der Waals surface area contributed by atoms with E-state index in [9.17, 15) is 9.90 Å². The van der Waals surface area contributed by atoms with Crippen LogP contribution in [0.25, 0.3) is 0 Å². The first-order valence-corrected chi connectivity index (χ1v) is 8.00. The quantitative estimate of drug-likeness (QED) is 0.735. The van der Waals surface area contributed by atoms with Crippen molar-refractivity contribution in [3.8, 4) is 5.75 Å². The number of likely N-dealkylation sites (tertiary alicyclic amines) is 1. The summed E-state index contributed by atoms with van der Waals surface area (Å²) in [7, 11) is 1.49. The van der Waals surface area contributed by atoms with Crippen LogP contribution < -0.4 is 10.1 Å². The minimum atomic E-state index is -0.146. The van der Waals surface area contributed by atoms with Crippen LogP contribution in [0.15, 0.2) is 24.3 Å². The summed E-state index contributed by atoms with van der Waals surface area (Å²) in [4.78, 5) is 13.9. The largest absolute Gasteiger partial charge is 0.494 e. The first-order valence-electron chi connectivity index (χ1n) is 8.00. The highest BCUT2D eigenvalue weighted by molar-refractivity contribution is 5.77. The summed E-state index contributed by atoms with van der Waals surface area (Å²) >= 11 is 0. The Morgan fingerprint density at radius 2 is 2.17 bits per heavy atom. The SMILES string of the molecule is CCOc1ccccc1CN1C[C@@H](CO)[C@H](NC(=O)COC)C1. The van der Waals surface area contributed by atoms with Gasteiger partial charge >= 0.3 is 0 Å². The number of methoxy groups -OCH3 is 1. The summed E-state index contributed by atoms with van der Waals surface area (Å²) in [5, 5.41) is 12.5. The minimum absolute atomic E-state index is 0.0371. The Bertz CT molecular complexity index is 509. The van der Waals surface area contributed by atoms with Crippen LogP contribution in [0.3, 0.4) is 0 Å². The number of hydrogen-bond donors (Lipinski definition) is 2. The molecule has 2 rings (SSSR count). The zero-order valence-electron chi connectivity index (χ0n) is 13.8. The van der Waals surface area contributed by atoms with Gasteiger partial charge in [-0.1, -0.05) is 18.2 Å². The fraction of sp³-hybridized carbons (Fsp3) is 0.588. The van der Waals surface area contributed by atoms with Crippen molar-refractivity contribution < 1.29 is 19.4 Å². The summed E-state index contributed by atoms with van der Waals surface area (Å²) < 4.78 is 10.5. The van der Waals surface area contributed by atoms with Gasteiger partial charge in [-0.3, -0.25) is 9.69 Å². The Hall–Kier alpha value is -1.63. The minimum Gasteiger partial charge on any atom is -0.494 e. The summed E-state index contributed by atoms with van der Waals surface area (Å²) in [5.74, 6) is 0.782. The van der Waals surface area contributed by atoms with Gasteiger partial charge in [0, 0.05) is 50.9 Å².